The lowest BCUT2D eigenvalue weighted by atomic mass is 9.97. The largest absolute Gasteiger partial charge is 0.0683 e. The fraction of sp³-hybridized carbons (Fsp3) is 0.500. The third-order valence-electron chi connectivity index (χ3n) is 3.45. The first-order valence-corrected chi connectivity index (χ1v) is 9.79. The normalized spacial score (nSPS) is 11.7. The molecule has 6 rings (SSSR count). The van der Waals surface area contributed by atoms with Crippen molar-refractivity contribution < 1.29 is 0 Å². The zero-order valence-electron chi connectivity index (χ0n) is 17.0. The minimum Gasteiger partial charge on any atom is -0.0683 e. The predicted molar refractivity (Wildman–Crippen MR) is 111 cm³/mol. The molecule has 0 fully saturated rings. The molecule has 0 heteroatoms. The average Bonchev–Trinajstić information content (AvgIpc) is 2.61. The second-order valence-electron chi connectivity index (χ2n) is 6.37. The molecule has 0 saturated heterocycles. The molecule has 134 valence electrons. The molecule has 0 N–H and O–H groups in total. The number of aryl methyl sites for hydroxylation is 4. The maximum atomic E-state index is 2.28. The van der Waals surface area contributed by atoms with Crippen molar-refractivity contribution in [2.24, 2.45) is 5.92 Å². The summed E-state index contributed by atoms with van der Waals surface area (Å²) in [5.41, 5.74) is 5.81. The van der Waals surface area contributed by atoms with Gasteiger partial charge in [-0.15, -0.1) is 0 Å². The van der Waals surface area contributed by atoms with Crippen LogP contribution in [0.25, 0.3) is 0 Å². The van der Waals surface area contributed by atoms with Gasteiger partial charge in [0.05, 0.1) is 0 Å². The second kappa shape index (κ2) is 13.8. The SMILES string of the molecule is CC.CC.CC(C)C.c1cc2ccc1CCc1ccc(cc1)CC2. The summed E-state index contributed by atoms with van der Waals surface area (Å²) in [6.07, 6.45) is 4.61. The molecule has 0 spiro atoms. The third-order valence-corrected chi connectivity index (χ3v) is 3.45. The fourth-order valence-electron chi connectivity index (χ4n) is 2.32. The molecule has 0 unspecified atom stereocenters. The van der Waals surface area contributed by atoms with Gasteiger partial charge in [-0.3, -0.25) is 0 Å². The smallest absolute Gasteiger partial charge is 0.0238 e. The van der Waals surface area contributed by atoms with Gasteiger partial charge < -0.3 is 0 Å². The molecule has 4 aliphatic carbocycles. The van der Waals surface area contributed by atoms with Gasteiger partial charge in [0.25, 0.3) is 0 Å². The standard InChI is InChI=1S/C16H16.C4H10.2C2H6/c1-2-14-4-3-13(1)9-10-15-5-7-16(8-6-15)12-11-14;1-4(2)3;2*1-2/h1-8H,9-12H2;4H,1-3H3;2*1-2H3. The van der Waals surface area contributed by atoms with Crippen LogP contribution in [0.2, 0.25) is 0 Å². The van der Waals surface area contributed by atoms with Crippen LogP contribution in [0.15, 0.2) is 48.5 Å². The van der Waals surface area contributed by atoms with Gasteiger partial charge in [-0.1, -0.05) is 97.0 Å². The van der Waals surface area contributed by atoms with Crippen LogP contribution in [-0.4, -0.2) is 0 Å². The van der Waals surface area contributed by atoms with E-state index < -0.39 is 0 Å². The van der Waals surface area contributed by atoms with Gasteiger partial charge in [0.1, 0.15) is 0 Å². The Kier molecular flexibility index (Phi) is 12.9. The zero-order valence-corrected chi connectivity index (χ0v) is 17.0. The Bertz CT molecular complexity index is 406. The molecule has 0 radical (unpaired) electrons. The number of benzene rings is 2. The van der Waals surface area contributed by atoms with Crippen molar-refractivity contribution in [2.45, 2.75) is 74.1 Å². The first kappa shape index (κ1) is 22.4. The maximum Gasteiger partial charge on any atom is -0.0238 e. The van der Waals surface area contributed by atoms with E-state index in [1.165, 1.54) is 22.3 Å². The van der Waals surface area contributed by atoms with Gasteiger partial charge in [-0.2, -0.15) is 0 Å². The quantitative estimate of drug-likeness (QED) is 0.477. The van der Waals surface area contributed by atoms with Crippen LogP contribution in [0.5, 0.6) is 0 Å². The summed E-state index contributed by atoms with van der Waals surface area (Å²) in [4.78, 5) is 0. The van der Waals surface area contributed by atoms with Crippen LogP contribution >= 0.6 is 0 Å². The monoisotopic (exact) mass is 326 g/mol. The van der Waals surface area contributed by atoms with E-state index in [4.69, 9.17) is 0 Å². The van der Waals surface area contributed by atoms with E-state index in [0.717, 1.165) is 31.6 Å². The lowest BCUT2D eigenvalue weighted by Crippen LogP contribution is -1.97. The van der Waals surface area contributed by atoms with E-state index in [-0.39, 0.29) is 0 Å². The summed E-state index contributed by atoms with van der Waals surface area (Å²) in [5.74, 6) is 0.833. The Hall–Kier alpha value is -1.56. The van der Waals surface area contributed by atoms with Crippen molar-refractivity contribution >= 4 is 0 Å². The molecule has 2 aromatic rings. The van der Waals surface area contributed by atoms with Gasteiger partial charge >= 0.3 is 0 Å². The number of rotatable bonds is 0. The van der Waals surface area contributed by atoms with Gasteiger partial charge in [0.2, 0.25) is 0 Å². The summed E-state index contributed by atoms with van der Waals surface area (Å²) in [7, 11) is 0. The highest BCUT2D eigenvalue weighted by atomic mass is 14.1. The Labute approximate surface area is 151 Å². The molecular weight excluding hydrogens is 288 g/mol. The van der Waals surface area contributed by atoms with E-state index in [2.05, 4.69) is 69.3 Å². The van der Waals surface area contributed by atoms with Crippen LogP contribution in [0.4, 0.5) is 0 Å². The molecule has 24 heavy (non-hydrogen) atoms. The van der Waals surface area contributed by atoms with Crippen LogP contribution < -0.4 is 0 Å². The first-order valence-electron chi connectivity index (χ1n) is 9.79. The molecular formula is C24H38. The van der Waals surface area contributed by atoms with Crippen molar-refractivity contribution in [3.8, 4) is 0 Å². The summed E-state index contributed by atoms with van der Waals surface area (Å²) >= 11 is 0. The van der Waals surface area contributed by atoms with Gasteiger partial charge in [-0.25, -0.2) is 0 Å². The zero-order chi connectivity index (χ0) is 18.4. The molecule has 0 atom stereocenters. The van der Waals surface area contributed by atoms with Gasteiger partial charge in [0.15, 0.2) is 0 Å². The minimum atomic E-state index is 0.833. The fourth-order valence-corrected chi connectivity index (χ4v) is 2.32. The van der Waals surface area contributed by atoms with Crippen molar-refractivity contribution in [3.63, 3.8) is 0 Å². The van der Waals surface area contributed by atoms with Crippen LogP contribution in [-0.2, 0) is 25.7 Å². The lowest BCUT2D eigenvalue weighted by molar-refractivity contribution is 0.737. The summed E-state index contributed by atoms with van der Waals surface area (Å²) in [6.45, 7) is 14.5. The van der Waals surface area contributed by atoms with E-state index in [9.17, 15) is 0 Å². The topological polar surface area (TPSA) is 0 Å². The second-order valence-corrected chi connectivity index (χ2v) is 6.37. The number of hydrogen-bond acceptors (Lipinski definition) is 0. The van der Waals surface area contributed by atoms with Crippen LogP contribution in [0.1, 0.15) is 70.7 Å². The highest BCUT2D eigenvalue weighted by molar-refractivity contribution is 5.29. The average molecular weight is 327 g/mol. The van der Waals surface area contributed by atoms with Crippen LogP contribution in [0.3, 0.4) is 0 Å². The molecule has 0 amide bonds. The Morgan fingerprint density at radius 3 is 0.708 bits per heavy atom. The Morgan fingerprint density at radius 2 is 0.583 bits per heavy atom. The third kappa shape index (κ3) is 9.55. The van der Waals surface area contributed by atoms with E-state index in [1.807, 2.05) is 27.7 Å². The van der Waals surface area contributed by atoms with Gasteiger partial charge in [-0.05, 0) is 53.9 Å². The highest BCUT2D eigenvalue weighted by Gasteiger charge is 2.01. The van der Waals surface area contributed by atoms with Crippen molar-refractivity contribution in [2.75, 3.05) is 0 Å². The minimum absolute atomic E-state index is 0.833. The van der Waals surface area contributed by atoms with Crippen molar-refractivity contribution in [1.82, 2.24) is 0 Å². The number of hydrogen-bond donors (Lipinski definition) is 0. The molecule has 0 aromatic heterocycles. The molecule has 0 saturated carbocycles. The lowest BCUT2D eigenvalue weighted by Gasteiger charge is -2.09. The summed E-state index contributed by atoms with van der Waals surface area (Å²) in [6, 6.07) is 18.2. The van der Waals surface area contributed by atoms with E-state index in [1.54, 1.807) is 0 Å². The Balaban J connectivity index is 0.000000573. The maximum absolute atomic E-state index is 2.28. The van der Waals surface area contributed by atoms with E-state index >= 15 is 0 Å². The molecule has 0 aliphatic heterocycles. The van der Waals surface area contributed by atoms with Crippen molar-refractivity contribution in [1.29, 1.82) is 0 Å². The molecule has 0 heterocycles. The van der Waals surface area contributed by atoms with Crippen molar-refractivity contribution in [3.05, 3.63) is 70.8 Å². The van der Waals surface area contributed by atoms with E-state index in [0.29, 0.717) is 0 Å². The molecule has 4 aliphatic rings. The Morgan fingerprint density at radius 1 is 0.458 bits per heavy atom. The highest BCUT2D eigenvalue weighted by Crippen LogP contribution is 2.14. The first-order chi connectivity index (χ1) is 11.6. The molecule has 0 nitrogen and oxygen atoms in total. The predicted octanol–water partition coefficient (Wildman–Crippen LogP) is 7.29. The summed E-state index contributed by atoms with van der Waals surface area (Å²) in [5, 5.41) is 0. The summed E-state index contributed by atoms with van der Waals surface area (Å²) < 4.78 is 0. The molecule has 4 bridgehead atoms. The molecule has 2 aromatic carbocycles. The van der Waals surface area contributed by atoms with Crippen LogP contribution in [0, 0.1) is 5.92 Å². The van der Waals surface area contributed by atoms with Gasteiger partial charge in [0, 0.05) is 0 Å².